The van der Waals surface area contributed by atoms with Gasteiger partial charge in [0, 0.05) is 24.5 Å². The normalized spacial score (nSPS) is 11.8. The Morgan fingerprint density at radius 1 is 1.05 bits per heavy atom. The van der Waals surface area contributed by atoms with Gasteiger partial charge in [0.2, 0.25) is 0 Å². The molecule has 0 fully saturated rings. The van der Waals surface area contributed by atoms with Gasteiger partial charge in [0.25, 0.3) is 0 Å². The molecule has 0 amide bonds. The highest BCUT2D eigenvalue weighted by molar-refractivity contribution is 5.74. The quantitative estimate of drug-likeness (QED) is 0.786. The van der Waals surface area contributed by atoms with Gasteiger partial charge in [-0.15, -0.1) is 10.2 Å². The van der Waals surface area contributed by atoms with Gasteiger partial charge in [-0.25, -0.2) is 0 Å². The molecule has 0 radical (unpaired) electrons. The topological polar surface area (TPSA) is 42.2 Å². The van der Waals surface area contributed by atoms with Crippen molar-refractivity contribution in [1.82, 2.24) is 14.6 Å². The van der Waals surface area contributed by atoms with Crippen LogP contribution in [0.2, 0.25) is 0 Å². The summed E-state index contributed by atoms with van der Waals surface area (Å²) < 4.78 is 39.9. The molecule has 2 heterocycles. The molecule has 1 N–H and O–H groups in total. The van der Waals surface area contributed by atoms with E-state index in [9.17, 15) is 13.2 Å². The van der Waals surface area contributed by atoms with Crippen molar-refractivity contribution in [3.63, 3.8) is 0 Å². The second kappa shape index (κ2) is 4.76. The molecule has 4 nitrogen and oxygen atoms in total. The minimum atomic E-state index is -4.40. The van der Waals surface area contributed by atoms with Crippen LogP contribution in [0.1, 0.15) is 5.56 Å². The third-order valence-corrected chi connectivity index (χ3v) is 3.17. The zero-order valence-electron chi connectivity index (χ0n) is 11.0. The van der Waals surface area contributed by atoms with E-state index in [0.717, 1.165) is 18.0 Å². The Hall–Kier alpha value is -2.57. The second-order valence-electron chi connectivity index (χ2n) is 4.46. The molecule has 0 spiro atoms. The van der Waals surface area contributed by atoms with E-state index in [-0.39, 0.29) is 0 Å². The number of pyridine rings is 1. The summed E-state index contributed by atoms with van der Waals surface area (Å²) in [5.41, 5.74) is 1.08. The highest BCUT2D eigenvalue weighted by Crippen LogP contribution is 2.31. The number of alkyl halides is 3. The highest BCUT2D eigenvalue weighted by Gasteiger charge is 2.31. The van der Waals surface area contributed by atoms with Gasteiger partial charge in [-0.05, 0) is 24.3 Å². The third-order valence-electron chi connectivity index (χ3n) is 3.17. The summed E-state index contributed by atoms with van der Waals surface area (Å²) in [6, 6.07) is 9.54. The van der Waals surface area contributed by atoms with Crippen molar-refractivity contribution < 1.29 is 13.2 Å². The summed E-state index contributed by atoms with van der Waals surface area (Å²) in [5.74, 6) is 0.362. The van der Waals surface area contributed by atoms with Crippen LogP contribution in [0.3, 0.4) is 0 Å². The van der Waals surface area contributed by atoms with Crippen LogP contribution in [-0.2, 0) is 6.18 Å². The average Bonchev–Trinajstić information content (AvgIpc) is 2.89. The minimum absolute atomic E-state index is 0.362. The number of nitrogens with one attached hydrogen (secondary N) is 1. The van der Waals surface area contributed by atoms with Crippen molar-refractivity contribution >= 4 is 11.3 Å². The van der Waals surface area contributed by atoms with E-state index in [1.807, 2.05) is 12.1 Å². The van der Waals surface area contributed by atoms with Crippen LogP contribution in [0.5, 0.6) is 0 Å². The summed E-state index contributed by atoms with van der Waals surface area (Å²) >= 11 is 0. The van der Waals surface area contributed by atoms with Gasteiger partial charge in [-0.3, -0.25) is 4.40 Å². The lowest BCUT2D eigenvalue weighted by Gasteiger charge is -2.09. The zero-order valence-corrected chi connectivity index (χ0v) is 11.0. The molecule has 0 saturated heterocycles. The molecule has 0 aliphatic carbocycles. The molecule has 7 heteroatoms. The molecule has 1 aromatic carbocycles. The van der Waals surface area contributed by atoms with Crippen LogP contribution in [0, 0.1) is 0 Å². The van der Waals surface area contributed by atoms with Gasteiger partial charge in [0.1, 0.15) is 0 Å². The summed E-state index contributed by atoms with van der Waals surface area (Å²) in [6.07, 6.45) is -3.39. The molecule has 0 bridgehead atoms. The number of rotatable bonds is 2. The number of hydrogen-bond acceptors (Lipinski definition) is 3. The van der Waals surface area contributed by atoms with Crippen LogP contribution in [0.15, 0.2) is 42.6 Å². The Kier molecular flexibility index (Phi) is 3.04. The van der Waals surface area contributed by atoms with E-state index in [0.29, 0.717) is 17.0 Å². The molecule has 3 rings (SSSR count). The Morgan fingerprint density at radius 2 is 1.81 bits per heavy atom. The second-order valence-corrected chi connectivity index (χ2v) is 4.46. The number of halogens is 3. The van der Waals surface area contributed by atoms with Gasteiger partial charge < -0.3 is 5.32 Å². The minimum Gasteiger partial charge on any atom is -0.388 e. The average molecular weight is 292 g/mol. The highest BCUT2D eigenvalue weighted by atomic mass is 19.4. The van der Waals surface area contributed by atoms with E-state index >= 15 is 0 Å². The number of hydrogen-bond donors (Lipinski definition) is 1. The van der Waals surface area contributed by atoms with Crippen LogP contribution in [0.4, 0.5) is 18.9 Å². The van der Waals surface area contributed by atoms with E-state index < -0.39 is 11.7 Å². The molecular weight excluding hydrogens is 281 g/mol. The van der Waals surface area contributed by atoms with Gasteiger partial charge in [0.15, 0.2) is 11.5 Å². The maximum absolute atomic E-state index is 12.8. The Bertz CT molecular complexity index is 792. The molecule has 0 unspecified atom stereocenters. The van der Waals surface area contributed by atoms with Gasteiger partial charge in [0.05, 0.1) is 5.56 Å². The van der Waals surface area contributed by atoms with Crippen molar-refractivity contribution in [3.05, 3.63) is 48.2 Å². The molecule has 0 aliphatic rings. The van der Waals surface area contributed by atoms with E-state index in [1.165, 1.54) is 10.5 Å². The lowest BCUT2D eigenvalue weighted by Crippen LogP contribution is -2.06. The Morgan fingerprint density at radius 3 is 2.52 bits per heavy atom. The lowest BCUT2D eigenvalue weighted by atomic mass is 10.1. The van der Waals surface area contributed by atoms with Crippen LogP contribution in [0.25, 0.3) is 17.0 Å². The fourth-order valence-electron chi connectivity index (χ4n) is 2.14. The first-order valence-electron chi connectivity index (χ1n) is 6.20. The van der Waals surface area contributed by atoms with Crippen LogP contribution >= 0.6 is 0 Å². The monoisotopic (exact) mass is 292 g/mol. The van der Waals surface area contributed by atoms with Crippen molar-refractivity contribution in [2.45, 2.75) is 6.18 Å². The Labute approximate surface area is 118 Å². The largest absolute Gasteiger partial charge is 0.417 e. The number of aromatic nitrogens is 3. The number of anilines is 1. The van der Waals surface area contributed by atoms with Crippen molar-refractivity contribution in [3.8, 4) is 11.4 Å². The van der Waals surface area contributed by atoms with Crippen LogP contribution in [-0.4, -0.2) is 21.6 Å². The summed E-state index contributed by atoms with van der Waals surface area (Å²) in [5, 5.41) is 10.9. The fourth-order valence-corrected chi connectivity index (χ4v) is 2.14. The summed E-state index contributed by atoms with van der Waals surface area (Å²) in [7, 11) is 1.74. The molecule has 3 aromatic rings. The lowest BCUT2D eigenvalue weighted by molar-refractivity contribution is -0.137. The van der Waals surface area contributed by atoms with Crippen molar-refractivity contribution in [1.29, 1.82) is 0 Å². The summed E-state index contributed by atoms with van der Waals surface area (Å²) in [4.78, 5) is 0. The first-order valence-corrected chi connectivity index (χ1v) is 6.20. The van der Waals surface area contributed by atoms with Gasteiger partial charge in [-0.2, -0.15) is 13.2 Å². The zero-order chi connectivity index (χ0) is 15.0. The molecule has 21 heavy (non-hydrogen) atoms. The molecule has 2 aromatic heterocycles. The van der Waals surface area contributed by atoms with Crippen molar-refractivity contribution in [2.24, 2.45) is 0 Å². The van der Waals surface area contributed by atoms with Gasteiger partial charge in [-0.1, -0.05) is 12.1 Å². The molecule has 0 atom stereocenters. The number of fused-ring (bicyclic) bond motifs is 1. The van der Waals surface area contributed by atoms with E-state index in [1.54, 1.807) is 19.2 Å². The van der Waals surface area contributed by atoms with E-state index in [4.69, 9.17) is 0 Å². The third kappa shape index (κ3) is 2.31. The molecule has 108 valence electrons. The molecule has 0 aliphatic heterocycles. The predicted octanol–water partition coefficient (Wildman–Crippen LogP) is 3.46. The number of para-hydroxylation sites is 1. The molecular formula is C14H11F3N4. The Balaban J connectivity index is 2.24. The fraction of sp³-hybridized carbons (Fsp3) is 0.143. The van der Waals surface area contributed by atoms with Gasteiger partial charge >= 0.3 is 6.18 Å². The maximum atomic E-state index is 12.8. The maximum Gasteiger partial charge on any atom is 0.417 e. The first kappa shape index (κ1) is 13.4. The van der Waals surface area contributed by atoms with E-state index in [2.05, 4.69) is 15.5 Å². The predicted molar refractivity (Wildman–Crippen MR) is 73.0 cm³/mol. The first-order chi connectivity index (χ1) is 10.0. The van der Waals surface area contributed by atoms with Crippen LogP contribution < -0.4 is 5.32 Å². The molecule has 0 saturated carbocycles. The summed E-state index contributed by atoms with van der Waals surface area (Å²) in [6.45, 7) is 0. The number of nitrogens with zero attached hydrogens (tertiary/aromatic N) is 3. The van der Waals surface area contributed by atoms with Crippen molar-refractivity contribution in [2.75, 3.05) is 12.4 Å². The smallest absolute Gasteiger partial charge is 0.388 e. The number of benzene rings is 1. The SMILES string of the molecule is CNc1ccccc1-c1nnc2ccc(C(F)(F)F)cn12. The standard InChI is InChI=1S/C14H11F3N4/c1-18-11-5-3-2-4-10(11)13-20-19-12-7-6-9(8-21(12)13)14(15,16)17/h2-8,18H,1H3.